The molecule has 17 heavy (non-hydrogen) atoms. The summed E-state index contributed by atoms with van der Waals surface area (Å²) in [5.41, 5.74) is 3.67. The van der Waals surface area contributed by atoms with E-state index in [0.717, 1.165) is 15.8 Å². The second kappa shape index (κ2) is 4.06. The summed E-state index contributed by atoms with van der Waals surface area (Å²) in [5.74, 6) is 6.91. The molecule has 0 atom stereocenters. The smallest absolute Gasteiger partial charge is 0.164 e. The fourth-order valence-corrected chi connectivity index (χ4v) is 3.19. The number of hydrazine groups is 1. The fourth-order valence-electron chi connectivity index (χ4n) is 1.67. The van der Waals surface area contributed by atoms with Crippen LogP contribution in [0.1, 0.15) is 4.88 Å². The number of hydrogen-bond donors (Lipinski definition) is 2. The summed E-state index contributed by atoms with van der Waals surface area (Å²) in [6.45, 7) is 2.05. The standard InChI is InChI=1S/C11H10N4S2/c1-6-4-8-10(15-12)13-9(14-11(8)17-6)7-2-3-16-5-7/h2-5H,12H2,1H3,(H,13,14,15). The Morgan fingerprint density at radius 2 is 2.24 bits per heavy atom. The normalized spacial score (nSPS) is 10.9. The van der Waals surface area contributed by atoms with Crippen LogP contribution in [0.2, 0.25) is 0 Å². The van der Waals surface area contributed by atoms with Gasteiger partial charge in [0.1, 0.15) is 4.83 Å². The van der Waals surface area contributed by atoms with Gasteiger partial charge >= 0.3 is 0 Å². The van der Waals surface area contributed by atoms with Gasteiger partial charge in [0.05, 0.1) is 5.39 Å². The molecular weight excluding hydrogens is 252 g/mol. The quantitative estimate of drug-likeness (QED) is 0.550. The van der Waals surface area contributed by atoms with E-state index in [4.69, 9.17) is 5.84 Å². The lowest BCUT2D eigenvalue weighted by molar-refractivity contribution is 1.20. The first-order valence-electron chi connectivity index (χ1n) is 5.05. The molecule has 0 radical (unpaired) electrons. The van der Waals surface area contributed by atoms with Crippen molar-refractivity contribution in [3.8, 4) is 11.4 Å². The SMILES string of the molecule is Cc1cc2c(NN)nc(-c3ccsc3)nc2s1. The monoisotopic (exact) mass is 262 g/mol. The molecule has 0 aliphatic rings. The van der Waals surface area contributed by atoms with Crippen LogP contribution < -0.4 is 11.3 Å². The maximum atomic E-state index is 5.51. The molecule has 0 aromatic carbocycles. The first-order valence-corrected chi connectivity index (χ1v) is 6.81. The molecule has 3 aromatic rings. The topological polar surface area (TPSA) is 63.8 Å². The van der Waals surface area contributed by atoms with Gasteiger partial charge in [-0.1, -0.05) is 0 Å². The van der Waals surface area contributed by atoms with Gasteiger partial charge < -0.3 is 5.43 Å². The van der Waals surface area contributed by atoms with Crippen LogP contribution in [0.15, 0.2) is 22.9 Å². The molecule has 0 amide bonds. The second-order valence-electron chi connectivity index (χ2n) is 3.63. The summed E-state index contributed by atoms with van der Waals surface area (Å²) < 4.78 is 0. The van der Waals surface area contributed by atoms with Crippen molar-refractivity contribution in [2.45, 2.75) is 6.92 Å². The number of hydrogen-bond acceptors (Lipinski definition) is 6. The minimum Gasteiger partial charge on any atom is -0.308 e. The van der Waals surface area contributed by atoms with Crippen LogP contribution in [0.3, 0.4) is 0 Å². The first kappa shape index (κ1) is 10.6. The average molecular weight is 262 g/mol. The van der Waals surface area contributed by atoms with Crippen molar-refractivity contribution in [2.75, 3.05) is 5.43 Å². The summed E-state index contributed by atoms with van der Waals surface area (Å²) in [4.78, 5) is 11.2. The highest BCUT2D eigenvalue weighted by Crippen LogP contribution is 2.30. The van der Waals surface area contributed by atoms with E-state index in [1.54, 1.807) is 22.7 Å². The van der Waals surface area contributed by atoms with Gasteiger partial charge in [-0.25, -0.2) is 15.8 Å². The zero-order valence-electron chi connectivity index (χ0n) is 9.10. The number of aromatic nitrogens is 2. The third-order valence-electron chi connectivity index (χ3n) is 2.43. The highest BCUT2D eigenvalue weighted by Gasteiger charge is 2.11. The summed E-state index contributed by atoms with van der Waals surface area (Å²) in [6, 6.07) is 4.05. The molecule has 0 aliphatic carbocycles. The zero-order chi connectivity index (χ0) is 11.8. The van der Waals surface area contributed by atoms with Crippen LogP contribution in [0.5, 0.6) is 0 Å². The van der Waals surface area contributed by atoms with Gasteiger partial charge in [-0.3, -0.25) is 0 Å². The van der Waals surface area contributed by atoms with E-state index in [9.17, 15) is 0 Å². The second-order valence-corrected chi connectivity index (χ2v) is 5.64. The van der Waals surface area contributed by atoms with Crippen molar-refractivity contribution >= 4 is 38.7 Å². The van der Waals surface area contributed by atoms with E-state index >= 15 is 0 Å². The van der Waals surface area contributed by atoms with Crippen molar-refractivity contribution in [1.82, 2.24) is 9.97 Å². The van der Waals surface area contributed by atoms with Crippen LogP contribution in [0.4, 0.5) is 5.82 Å². The van der Waals surface area contributed by atoms with Crippen LogP contribution >= 0.6 is 22.7 Å². The van der Waals surface area contributed by atoms with Crippen LogP contribution in [0.25, 0.3) is 21.6 Å². The number of aryl methyl sites for hydroxylation is 1. The van der Waals surface area contributed by atoms with E-state index in [2.05, 4.69) is 22.3 Å². The van der Waals surface area contributed by atoms with E-state index in [1.807, 2.05) is 22.9 Å². The van der Waals surface area contributed by atoms with Crippen molar-refractivity contribution in [2.24, 2.45) is 5.84 Å². The molecule has 3 N–H and O–H groups in total. The molecule has 0 fully saturated rings. The van der Waals surface area contributed by atoms with E-state index in [0.29, 0.717) is 11.6 Å². The van der Waals surface area contributed by atoms with Crippen molar-refractivity contribution in [3.63, 3.8) is 0 Å². The van der Waals surface area contributed by atoms with Crippen LogP contribution in [0, 0.1) is 6.92 Å². The Morgan fingerprint density at radius 1 is 1.35 bits per heavy atom. The van der Waals surface area contributed by atoms with Crippen molar-refractivity contribution in [1.29, 1.82) is 0 Å². The Bertz CT molecular complexity index is 657. The summed E-state index contributed by atoms with van der Waals surface area (Å²) in [7, 11) is 0. The zero-order valence-corrected chi connectivity index (χ0v) is 10.7. The molecule has 86 valence electrons. The van der Waals surface area contributed by atoms with E-state index < -0.39 is 0 Å². The van der Waals surface area contributed by atoms with Crippen molar-refractivity contribution < 1.29 is 0 Å². The largest absolute Gasteiger partial charge is 0.308 e. The highest BCUT2D eigenvalue weighted by atomic mass is 32.1. The molecule has 4 nitrogen and oxygen atoms in total. The minimum absolute atomic E-state index is 0.681. The summed E-state index contributed by atoms with van der Waals surface area (Å²) in [5, 5.41) is 5.02. The average Bonchev–Trinajstić information content (AvgIpc) is 2.94. The van der Waals surface area contributed by atoms with Gasteiger partial charge in [0.25, 0.3) is 0 Å². The predicted octanol–water partition coefficient (Wildman–Crippen LogP) is 3.01. The van der Waals surface area contributed by atoms with Crippen molar-refractivity contribution in [3.05, 3.63) is 27.8 Å². The van der Waals surface area contributed by atoms with Crippen LogP contribution in [-0.2, 0) is 0 Å². The summed E-state index contributed by atoms with van der Waals surface area (Å²) in [6.07, 6.45) is 0. The van der Waals surface area contributed by atoms with Gasteiger partial charge in [-0.2, -0.15) is 11.3 Å². The molecule has 3 aromatic heterocycles. The van der Waals surface area contributed by atoms with E-state index in [-0.39, 0.29) is 0 Å². The van der Waals surface area contributed by atoms with Gasteiger partial charge in [-0.05, 0) is 24.4 Å². The fraction of sp³-hybridized carbons (Fsp3) is 0.0909. The number of fused-ring (bicyclic) bond motifs is 1. The number of nitrogen functional groups attached to an aromatic ring is 1. The Kier molecular flexibility index (Phi) is 2.54. The third kappa shape index (κ3) is 1.80. The third-order valence-corrected chi connectivity index (χ3v) is 4.06. The lowest BCUT2D eigenvalue weighted by atomic mass is 10.3. The lowest BCUT2D eigenvalue weighted by Crippen LogP contribution is -2.09. The summed E-state index contributed by atoms with van der Waals surface area (Å²) >= 11 is 3.28. The Balaban J connectivity index is 2.28. The molecule has 0 saturated carbocycles. The lowest BCUT2D eigenvalue weighted by Gasteiger charge is -2.03. The molecule has 0 bridgehead atoms. The van der Waals surface area contributed by atoms with Gasteiger partial charge in [-0.15, -0.1) is 11.3 Å². The number of nitrogens with two attached hydrogens (primary N) is 1. The molecular formula is C11H10N4S2. The number of nitrogens with one attached hydrogen (secondary N) is 1. The Labute approximate surface area is 106 Å². The Morgan fingerprint density at radius 3 is 2.94 bits per heavy atom. The van der Waals surface area contributed by atoms with Crippen LogP contribution in [-0.4, -0.2) is 9.97 Å². The maximum Gasteiger partial charge on any atom is 0.164 e. The number of nitrogens with zero attached hydrogens (tertiary/aromatic N) is 2. The van der Waals surface area contributed by atoms with Gasteiger partial charge in [0, 0.05) is 15.8 Å². The molecule has 0 spiro atoms. The molecule has 3 heterocycles. The first-order chi connectivity index (χ1) is 8.28. The highest BCUT2D eigenvalue weighted by molar-refractivity contribution is 7.18. The van der Waals surface area contributed by atoms with E-state index in [1.165, 1.54) is 4.88 Å². The molecule has 0 aliphatic heterocycles. The number of anilines is 1. The predicted molar refractivity (Wildman–Crippen MR) is 73.3 cm³/mol. The number of rotatable bonds is 2. The molecule has 6 heteroatoms. The molecule has 0 unspecified atom stereocenters. The Hall–Kier alpha value is -1.50. The maximum absolute atomic E-state index is 5.51. The minimum atomic E-state index is 0.681. The molecule has 3 rings (SSSR count). The number of thiophene rings is 2. The van der Waals surface area contributed by atoms with Gasteiger partial charge in [0.2, 0.25) is 0 Å². The molecule has 0 saturated heterocycles. The van der Waals surface area contributed by atoms with Gasteiger partial charge in [0.15, 0.2) is 11.6 Å².